The highest BCUT2D eigenvalue weighted by molar-refractivity contribution is 5.34. The first-order valence-corrected chi connectivity index (χ1v) is 5.51. The van der Waals surface area contributed by atoms with Crippen molar-refractivity contribution in [2.24, 2.45) is 0 Å². The first-order valence-electron chi connectivity index (χ1n) is 5.51. The molecule has 0 fully saturated rings. The van der Waals surface area contributed by atoms with E-state index in [2.05, 4.69) is 4.74 Å². The summed E-state index contributed by atoms with van der Waals surface area (Å²) in [5.41, 5.74) is -1.40. The highest BCUT2D eigenvalue weighted by Crippen LogP contribution is 2.35. The van der Waals surface area contributed by atoms with Crippen LogP contribution in [0.25, 0.3) is 0 Å². The van der Waals surface area contributed by atoms with Gasteiger partial charge >= 0.3 is 6.11 Å². The van der Waals surface area contributed by atoms with E-state index in [4.69, 9.17) is 5.11 Å². The zero-order valence-electron chi connectivity index (χ0n) is 10.3. The second-order valence-corrected chi connectivity index (χ2v) is 4.11. The molecule has 22 heavy (non-hydrogen) atoms. The van der Waals surface area contributed by atoms with Crippen molar-refractivity contribution in [2.45, 2.75) is 6.11 Å². The quantitative estimate of drug-likeness (QED) is 0.676. The van der Waals surface area contributed by atoms with Crippen molar-refractivity contribution in [3.05, 3.63) is 58.9 Å². The molecule has 0 saturated carbocycles. The maximum Gasteiger partial charge on any atom is 0.426 e. The maximum absolute atomic E-state index is 13.7. The number of phenolic OH excluding ortho intramolecular Hbond substituents is 1. The van der Waals surface area contributed by atoms with E-state index in [1.54, 1.807) is 0 Å². The third-order valence-electron chi connectivity index (χ3n) is 2.56. The minimum absolute atomic E-state index is 0.0223. The Morgan fingerprint density at radius 1 is 0.773 bits per heavy atom. The predicted molar refractivity (Wildman–Crippen MR) is 58.9 cm³/mol. The van der Waals surface area contributed by atoms with Crippen LogP contribution in [0.3, 0.4) is 0 Å². The summed E-state index contributed by atoms with van der Waals surface area (Å²) in [5, 5.41) is 8.82. The number of halogens is 7. The van der Waals surface area contributed by atoms with Gasteiger partial charge in [-0.25, -0.2) is 22.0 Å². The maximum atomic E-state index is 13.7. The molecule has 0 radical (unpaired) electrons. The number of aromatic hydroxyl groups is 1. The van der Waals surface area contributed by atoms with Gasteiger partial charge in [-0.1, -0.05) is 0 Å². The minimum atomic E-state index is -4.41. The van der Waals surface area contributed by atoms with Crippen molar-refractivity contribution < 1.29 is 40.6 Å². The summed E-state index contributed by atoms with van der Waals surface area (Å²) < 4.78 is 96.0. The summed E-state index contributed by atoms with van der Waals surface area (Å²) in [7, 11) is 0. The molecule has 0 aromatic heterocycles. The van der Waals surface area contributed by atoms with Crippen LogP contribution in [0.4, 0.5) is 30.7 Å². The Morgan fingerprint density at radius 2 is 1.23 bits per heavy atom. The Hall–Kier alpha value is -2.45. The number of hydrogen-bond donors (Lipinski definition) is 1. The van der Waals surface area contributed by atoms with Crippen LogP contribution in [0.1, 0.15) is 5.56 Å². The molecule has 0 saturated heterocycles. The van der Waals surface area contributed by atoms with Gasteiger partial charge < -0.3 is 9.84 Å². The molecule has 1 N–H and O–H groups in total. The number of alkyl halides is 2. The van der Waals surface area contributed by atoms with Crippen molar-refractivity contribution in [3.63, 3.8) is 0 Å². The number of hydrogen-bond acceptors (Lipinski definition) is 2. The lowest BCUT2D eigenvalue weighted by atomic mass is 10.2. The normalized spacial score (nSPS) is 11.6. The Labute approximate surface area is 118 Å². The highest BCUT2D eigenvalue weighted by Gasteiger charge is 2.37. The van der Waals surface area contributed by atoms with Crippen LogP contribution in [0.5, 0.6) is 11.5 Å². The fourth-order valence-corrected chi connectivity index (χ4v) is 1.53. The summed E-state index contributed by atoms with van der Waals surface area (Å²) in [6.07, 6.45) is -4.41. The van der Waals surface area contributed by atoms with Gasteiger partial charge in [0.15, 0.2) is 34.8 Å². The summed E-state index contributed by atoms with van der Waals surface area (Å²) in [6, 6.07) is 0.433. The number of benzene rings is 2. The van der Waals surface area contributed by atoms with E-state index >= 15 is 0 Å². The third-order valence-corrected chi connectivity index (χ3v) is 2.56. The molecule has 0 atom stereocenters. The lowest BCUT2D eigenvalue weighted by Crippen LogP contribution is -2.23. The van der Waals surface area contributed by atoms with Crippen molar-refractivity contribution in [1.29, 1.82) is 0 Å². The molecule has 2 aromatic carbocycles. The van der Waals surface area contributed by atoms with Gasteiger partial charge in [-0.3, -0.25) is 0 Å². The van der Waals surface area contributed by atoms with Crippen LogP contribution in [0.2, 0.25) is 0 Å². The van der Waals surface area contributed by atoms with E-state index in [9.17, 15) is 30.7 Å². The molecular formula is C13H5F7O2. The van der Waals surface area contributed by atoms with Crippen LogP contribution in [-0.2, 0) is 6.11 Å². The van der Waals surface area contributed by atoms with Gasteiger partial charge in [-0.15, -0.1) is 0 Å². The Morgan fingerprint density at radius 3 is 1.68 bits per heavy atom. The van der Waals surface area contributed by atoms with Crippen molar-refractivity contribution in [3.8, 4) is 11.5 Å². The summed E-state index contributed by atoms with van der Waals surface area (Å²) in [5.74, 6) is -11.4. The van der Waals surface area contributed by atoms with Gasteiger partial charge in [-0.2, -0.15) is 8.78 Å². The monoisotopic (exact) mass is 326 g/mol. The van der Waals surface area contributed by atoms with Crippen LogP contribution in [-0.4, -0.2) is 5.11 Å². The molecule has 2 aromatic rings. The van der Waals surface area contributed by atoms with Gasteiger partial charge in [0.05, 0.1) is 5.56 Å². The first-order chi connectivity index (χ1) is 10.1. The molecule has 0 aliphatic carbocycles. The van der Waals surface area contributed by atoms with Crippen LogP contribution in [0.15, 0.2) is 24.3 Å². The SMILES string of the molecule is Oc1c(F)cc(OC(F)(F)c2cc(F)c(F)c(F)c2)cc1F. The van der Waals surface area contributed by atoms with Gasteiger partial charge in [0.25, 0.3) is 0 Å². The molecule has 0 aliphatic rings. The van der Waals surface area contributed by atoms with Gasteiger partial charge in [0.2, 0.25) is 0 Å². The van der Waals surface area contributed by atoms with E-state index in [-0.39, 0.29) is 24.3 Å². The van der Waals surface area contributed by atoms with Gasteiger partial charge in [0.1, 0.15) is 5.75 Å². The zero-order valence-corrected chi connectivity index (χ0v) is 10.3. The molecular weight excluding hydrogens is 321 g/mol. The molecule has 2 rings (SSSR count). The average Bonchev–Trinajstić information content (AvgIpc) is 2.41. The van der Waals surface area contributed by atoms with E-state index in [0.29, 0.717) is 0 Å². The Kier molecular flexibility index (Phi) is 3.90. The predicted octanol–water partition coefficient (Wildman–Crippen LogP) is 4.22. The second-order valence-electron chi connectivity index (χ2n) is 4.11. The van der Waals surface area contributed by atoms with Crippen molar-refractivity contribution >= 4 is 0 Å². The second kappa shape index (κ2) is 5.39. The highest BCUT2D eigenvalue weighted by atomic mass is 19.3. The summed E-state index contributed by atoms with van der Waals surface area (Å²) >= 11 is 0. The van der Waals surface area contributed by atoms with Crippen LogP contribution in [0, 0.1) is 29.1 Å². The molecule has 0 aliphatic heterocycles. The minimum Gasteiger partial charge on any atom is -0.503 e. The molecule has 9 heteroatoms. The fraction of sp³-hybridized carbons (Fsp3) is 0.0769. The molecule has 0 unspecified atom stereocenters. The first kappa shape index (κ1) is 15.9. The summed E-state index contributed by atoms with van der Waals surface area (Å²) in [4.78, 5) is 0. The number of ether oxygens (including phenoxy) is 1. The van der Waals surface area contributed by atoms with Crippen LogP contribution >= 0.6 is 0 Å². The smallest absolute Gasteiger partial charge is 0.426 e. The van der Waals surface area contributed by atoms with Gasteiger partial charge in [-0.05, 0) is 12.1 Å². The molecule has 0 heterocycles. The third kappa shape index (κ3) is 2.92. The van der Waals surface area contributed by atoms with Crippen LogP contribution < -0.4 is 4.74 Å². The van der Waals surface area contributed by atoms with E-state index in [0.717, 1.165) is 0 Å². The molecule has 2 nitrogen and oxygen atoms in total. The standard InChI is InChI=1S/C13H5F7O2/c14-7-1-5(2-8(15)11(7)18)13(19,20)22-6-3-9(16)12(21)10(17)4-6/h1-4,21H. The van der Waals surface area contributed by atoms with Crippen molar-refractivity contribution in [1.82, 2.24) is 0 Å². The lowest BCUT2D eigenvalue weighted by molar-refractivity contribution is -0.186. The molecule has 0 amide bonds. The number of rotatable bonds is 3. The van der Waals surface area contributed by atoms with Crippen molar-refractivity contribution in [2.75, 3.05) is 0 Å². The van der Waals surface area contributed by atoms with Gasteiger partial charge in [0, 0.05) is 12.1 Å². The van der Waals surface area contributed by atoms with E-state index in [1.165, 1.54) is 0 Å². The lowest BCUT2D eigenvalue weighted by Gasteiger charge is -2.19. The topological polar surface area (TPSA) is 29.5 Å². The van der Waals surface area contributed by atoms with E-state index in [1.807, 2.05) is 0 Å². The molecule has 0 bridgehead atoms. The molecule has 0 spiro atoms. The summed E-state index contributed by atoms with van der Waals surface area (Å²) in [6.45, 7) is 0. The number of phenols is 1. The fourth-order valence-electron chi connectivity index (χ4n) is 1.53. The largest absolute Gasteiger partial charge is 0.503 e. The zero-order chi connectivity index (χ0) is 16.7. The van der Waals surface area contributed by atoms with E-state index < -0.39 is 52.3 Å². The Balaban J connectivity index is 2.39. The Bertz CT molecular complexity index is 684. The molecule has 118 valence electrons. The average molecular weight is 326 g/mol.